The molecule has 2 rings (SSSR count). The molecule has 0 radical (unpaired) electrons. The Balaban J connectivity index is 2.12. The summed E-state index contributed by atoms with van der Waals surface area (Å²) in [6, 6.07) is 5.87. The van der Waals surface area contributed by atoms with Crippen LogP contribution in [0.1, 0.15) is 25.3 Å². The summed E-state index contributed by atoms with van der Waals surface area (Å²) in [6.45, 7) is 5.62. The first-order chi connectivity index (χ1) is 9.17. The molecule has 0 bridgehead atoms. The molecule has 19 heavy (non-hydrogen) atoms. The van der Waals surface area contributed by atoms with Crippen molar-refractivity contribution < 1.29 is 4.39 Å². The molecule has 1 aliphatic rings. The van der Waals surface area contributed by atoms with E-state index in [0.29, 0.717) is 11.4 Å². The van der Waals surface area contributed by atoms with Gasteiger partial charge in [0, 0.05) is 42.8 Å². The van der Waals surface area contributed by atoms with Gasteiger partial charge < -0.3 is 9.80 Å². The highest BCUT2D eigenvalue weighted by molar-refractivity contribution is 9.08. The summed E-state index contributed by atoms with van der Waals surface area (Å²) in [6.07, 6.45) is 2.31. The van der Waals surface area contributed by atoms with Gasteiger partial charge in [-0.25, -0.2) is 4.39 Å². The van der Waals surface area contributed by atoms with E-state index in [1.54, 1.807) is 6.07 Å². The Kier molecular flexibility index (Phi) is 5.22. The molecule has 0 N–H and O–H groups in total. The molecule has 1 aliphatic heterocycles. The Bertz CT molecular complexity index is 417. The van der Waals surface area contributed by atoms with Gasteiger partial charge in [-0.1, -0.05) is 28.9 Å². The predicted octanol–water partition coefficient (Wildman–Crippen LogP) is 3.64. The van der Waals surface area contributed by atoms with Crippen LogP contribution in [-0.2, 0) is 5.33 Å². The topological polar surface area (TPSA) is 6.48 Å². The number of halogens is 2. The molecule has 1 aromatic carbocycles. The van der Waals surface area contributed by atoms with Crippen molar-refractivity contribution in [1.82, 2.24) is 4.90 Å². The van der Waals surface area contributed by atoms with Crippen molar-refractivity contribution in [3.8, 4) is 0 Å². The number of benzene rings is 1. The molecular weight excluding hydrogens is 307 g/mol. The maximum atomic E-state index is 13.8. The third-order valence-corrected chi connectivity index (χ3v) is 4.72. The van der Waals surface area contributed by atoms with Gasteiger partial charge in [-0.15, -0.1) is 0 Å². The summed E-state index contributed by atoms with van der Waals surface area (Å²) >= 11 is 3.40. The SMILES string of the molecule is CCN1CCC(N(C)c2cccc(F)c2CBr)CC1. The van der Waals surface area contributed by atoms with Gasteiger partial charge in [0.25, 0.3) is 0 Å². The smallest absolute Gasteiger partial charge is 0.129 e. The lowest BCUT2D eigenvalue weighted by Crippen LogP contribution is -2.43. The summed E-state index contributed by atoms with van der Waals surface area (Å²) in [5, 5.41) is 0.563. The van der Waals surface area contributed by atoms with Gasteiger partial charge in [0.1, 0.15) is 5.82 Å². The molecule has 1 saturated heterocycles. The van der Waals surface area contributed by atoms with Gasteiger partial charge in [-0.05, 0) is 31.5 Å². The zero-order chi connectivity index (χ0) is 13.8. The molecule has 0 unspecified atom stereocenters. The highest BCUT2D eigenvalue weighted by atomic mass is 79.9. The van der Waals surface area contributed by atoms with E-state index in [2.05, 4.69) is 39.7 Å². The van der Waals surface area contributed by atoms with Crippen molar-refractivity contribution in [2.24, 2.45) is 0 Å². The van der Waals surface area contributed by atoms with Crippen LogP contribution in [0.5, 0.6) is 0 Å². The molecule has 1 aromatic rings. The molecule has 0 aromatic heterocycles. The van der Waals surface area contributed by atoms with E-state index < -0.39 is 0 Å². The van der Waals surface area contributed by atoms with Gasteiger partial charge >= 0.3 is 0 Å². The van der Waals surface area contributed by atoms with E-state index in [4.69, 9.17) is 0 Å². The van der Waals surface area contributed by atoms with Gasteiger partial charge in [0.15, 0.2) is 0 Å². The minimum Gasteiger partial charge on any atom is -0.371 e. The Hall–Kier alpha value is -0.610. The summed E-state index contributed by atoms with van der Waals surface area (Å²) in [5.41, 5.74) is 1.79. The minimum atomic E-state index is -0.118. The molecule has 2 nitrogen and oxygen atoms in total. The highest BCUT2D eigenvalue weighted by Gasteiger charge is 2.23. The molecule has 0 spiro atoms. The summed E-state index contributed by atoms with van der Waals surface area (Å²) < 4.78 is 13.8. The highest BCUT2D eigenvalue weighted by Crippen LogP contribution is 2.28. The first-order valence-corrected chi connectivity index (χ1v) is 8.08. The number of nitrogens with zero attached hydrogens (tertiary/aromatic N) is 2. The minimum absolute atomic E-state index is 0.118. The van der Waals surface area contributed by atoms with Crippen LogP contribution >= 0.6 is 15.9 Å². The van der Waals surface area contributed by atoms with E-state index in [9.17, 15) is 4.39 Å². The van der Waals surface area contributed by atoms with Crippen LogP contribution < -0.4 is 4.90 Å². The van der Waals surface area contributed by atoms with E-state index in [1.807, 2.05) is 6.07 Å². The van der Waals surface area contributed by atoms with Crippen molar-refractivity contribution in [3.63, 3.8) is 0 Å². The summed E-state index contributed by atoms with van der Waals surface area (Å²) in [7, 11) is 2.09. The van der Waals surface area contributed by atoms with Crippen molar-refractivity contribution in [2.45, 2.75) is 31.1 Å². The largest absolute Gasteiger partial charge is 0.371 e. The van der Waals surface area contributed by atoms with Crippen LogP contribution in [0.25, 0.3) is 0 Å². The molecule has 1 heterocycles. The monoisotopic (exact) mass is 328 g/mol. The Morgan fingerprint density at radius 1 is 1.37 bits per heavy atom. The number of piperidine rings is 1. The van der Waals surface area contributed by atoms with Crippen molar-refractivity contribution in [3.05, 3.63) is 29.6 Å². The number of likely N-dealkylation sites (tertiary alicyclic amines) is 1. The molecular formula is C15H22BrFN2. The lowest BCUT2D eigenvalue weighted by Gasteiger charge is -2.38. The zero-order valence-corrected chi connectivity index (χ0v) is 13.3. The van der Waals surface area contributed by atoms with Gasteiger partial charge in [0.05, 0.1) is 0 Å². The molecule has 4 heteroatoms. The maximum absolute atomic E-state index is 13.8. The summed E-state index contributed by atoms with van der Waals surface area (Å²) in [5.74, 6) is -0.118. The van der Waals surface area contributed by atoms with Crippen LogP contribution in [0.3, 0.4) is 0 Å². The number of hydrogen-bond donors (Lipinski definition) is 0. The lowest BCUT2D eigenvalue weighted by atomic mass is 10.0. The average Bonchev–Trinajstić information content (AvgIpc) is 2.46. The lowest BCUT2D eigenvalue weighted by molar-refractivity contribution is 0.221. The first-order valence-electron chi connectivity index (χ1n) is 6.96. The van der Waals surface area contributed by atoms with Crippen LogP contribution in [0.2, 0.25) is 0 Å². The first kappa shape index (κ1) is 14.8. The molecule has 0 amide bonds. The normalized spacial score (nSPS) is 17.7. The number of anilines is 1. The second-order valence-electron chi connectivity index (χ2n) is 5.15. The van der Waals surface area contributed by atoms with Crippen molar-refractivity contribution in [1.29, 1.82) is 0 Å². The van der Waals surface area contributed by atoms with E-state index >= 15 is 0 Å². The second-order valence-corrected chi connectivity index (χ2v) is 5.71. The third-order valence-electron chi connectivity index (χ3n) is 4.16. The van der Waals surface area contributed by atoms with Crippen LogP contribution in [0.4, 0.5) is 10.1 Å². The quantitative estimate of drug-likeness (QED) is 0.778. The zero-order valence-electron chi connectivity index (χ0n) is 11.7. The van der Waals surface area contributed by atoms with Gasteiger partial charge in [-0.2, -0.15) is 0 Å². The second kappa shape index (κ2) is 6.71. The molecule has 0 atom stereocenters. The number of hydrogen-bond acceptors (Lipinski definition) is 2. The predicted molar refractivity (Wildman–Crippen MR) is 82.6 cm³/mol. The van der Waals surface area contributed by atoms with Gasteiger partial charge in [-0.3, -0.25) is 0 Å². The van der Waals surface area contributed by atoms with E-state index in [1.165, 1.54) is 6.07 Å². The average molecular weight is 329 g/mol. The fourth-order valence-corrected chi connectivity index (χ4v) is 3.38. The fourth-order valence-electron chi connectivity index (χ4n) is 2.83. The maximum Gasteiger partial charge on any atom is 0.129 e. The Morgan fingerprint density at radius 2 is 2.05 bits per heavy atom. The number of alkyl halides is 1. The van der Waals surface area contributed by atoms with Crippen molar-refractivity contribution in [2.75, 3.05) is 31.6 Å². The molecule has 106 valence electrons. The summed E-state index contributed by atoms with van der Waals surface area (Å²) in [4.78, 5) is 4.73. The van der Waals surface area contributed by atoms with E-state index in [0.717, 1.165) is 43.7 Å². The van der Waals surface area contributed by atoms with Crippen LogP contribution in [0, 0.1) is 5.82 Å². The van der Waals surface area contributed by atoms with Crippen LogP contribution in [0.15, 0.2) is 18.2 Å². The molecule has 0 aliphatic carbocycles. The van der Waals surface area contributed by atoms with Crippen LogP contribution in [-0.4, -0.2) is 37.6 Å². The Morgan fingerprint density at radius 3 is 2.63 bits per heavy atom. The van der Waals surface area contributed by atoms with E-state index in [-0.39, 0.29) is 5.82 Å². The standard InChI is InChI=1S/C15H22BrFN2/c1-3-19-9-7-12(8-10-19)18(2)15-6-4-5-14(17)13(15)11-16/h4-6,12H,3,7-11H2,1-2H3. The van der Waals surface area contributed by atoms with Crippen molar-refractivity contribution >= 4 is 21.6 Å². The Labute approximate surface area is 123 Å². The molecule has 1 fully saturated rings. The number of rotatable bonds is 4. The fraction of sp³-hybridized carbons (Fsp3) is 0.600. The third kappa shape index (κ3) is 3.29. The molecule has 0 saturated carbocycles. The van der Waals surface area contributed by atoms with Gasteiger partial charge in [0.2, 0.25) is 0 Å².